The highest BCUT2D eigenvalue weighted by Crippen LogP contribution is 2.33. The Morgan fingerprint density at radius 1 is 0.633 bits per heavy atom. The van der Waals surface area contributed by atoms with Gasteiger partial charge < -0.3 is 10.2 Å². The third-order valence-corrected chi connectivity index (χ3v) is 5.89. The van der Waals surface area contributed by atoms with Gasteiger partial charge in [-0.25, -0.2) is 0 Å². The lowest BCUT2D eigenvalue weighted by molar-refractivity contribution is -0.140. The van der Waals surface area contributed by atoms with Crippen molar-refractivity contribution in [3.63, 3.8) is 0 Å². The molecule has 30 heavy (non-hydrogen) atoms. The number of benzene rings is 1. The predicted octanol–water partition coefficient (Wildman–Crippen LogP) is 7.24. The van der Waals surface area contributed by atoms with Crippen LogP contribution in [0.3, 0.4) is 0 Å². The van der Waals surface area contributed by atoms with E-state index in [1.807, 2.05) is 24.3 Å². The zero-order valence-corrected chi connectivity index (χ0v) is 19.4. The fourth-order valence-electron chi connectivity index (χ4n) is 4.13. The molecule has 0 saturated carbocycles. The summed E-state index contributed by atoms with van der Waals surface area (Å²) in [5.74, 6) is -1.65. The van der Waals surface area contributed by atoms with Crippen LogP contribution in [-0.4, -0.2) is 22.2 Å². The smallest absolute Gasteiger partial charge is 0.310 e. The summed E-state index contributed by atoms with van der Waals surface area (Å²) in [5, 5.41) is 19.7. The fourth-order valence-corrected chi connectivity index (χ4v) is 4.13. The van der Waals surface area contributed by atoms with E-state index < -0.39 is 23.8 Å². The van der Waals surface area contributed by atoms with Crippen LogP contribution in [0.5, 0.6) is 0 Å². The van der Waals surface area contributed by atoms with Crippen LogP contribution >= 0.6 is 0 Å². The van der Waals surface area contributed by atoms with Crippen molar-refractivity contribution < 1.29 is 19.8 Å². The Morgan fingerprint density at radius 2 is 0.967 bits per heavy atom. The molecule has 0 aliphatic heterocycles. The standard InChI is InChI=1S/C26H42O4/c1-19(2)13-7-5-9-17-23(25(27)28)21-15-11-12-16-22(21)24(26(29)30)18-10-6-8-14-20(3)4/h11-12,15-16,19-20,23-24H,5-10,13-14,17-18H2,1-4H3,(H,27,28)(H,29,30). The van der Waals surface area contributed by atoms with Gasteiger partial charge in [0.15, 0.2) is 0 Å². The van der Waals surface area contributed by atoms with E-state index in [9.17, 15) is 19.8 Å². The molecule has 0 saturated heterocycles. The molecule has 1 aromatic carbocycles. The number of hydrogen-bond donors (Lipinski definition) is 2. The van der Waals surface area contributed by atoms with E-state index in [4.69, 9.17) is 0 Å². The van der Waals surface area contributed by atoms with Gasteiger partial charge in [0, 0.05) is 0 Å². The predicted molar refractivity (Wildman–Crippen MR) is 123 cm³/mol. The molecule has 0 bridgehead atoms. The number of aliphatic carboxylic acids is 2. The second-order valence-corrected chi connectivity index (χ2v) is 9.47. The maximum Gasteiger partial charge on any atom is 0.310 e. The fraction of sp³-hybridized carbons (Fsp3) is 0.692. The largest absolute Gasteiger partial charge is 0.481 e. The molecule has 1 aromatic rings. The Balaban J connectivity index is 2.85. The first kappa shape index (κ1) is 26.2. The van der Waals surface area contributed by atoms with Crippen molar-refractivity contribution in [1.29, 1.82) is 0 Å². The van der Waals surface area contributed by atoms with Crippen LogP contribution in [0.25, 0.3) is 0 Å². The number of rotatable bonds is 16. The molecule has 0 spiro atoms. The van der Waals surface area contributed by atoms with E-state index in [2.05, 4.69) is 27.7 Å². The quantitative estimate of drug-likeness (QED) is 0.278. The summed E-state index contributed by atoms with van der Waals surface area (Å²) in [7, 11) is 0. The summed E-state index contributed by atoms with van der Waals surface area (Å²) in [4.78, 5) is 24.1. The Morgan fingerprint density at radius 3 is 1.27 bits per heavy atom. The monoisotopic (exact) mass is 418 g/mol. The molecule has 4 heteroatoms. The molecule has 170 valence electrons. The van der Waals surface area contributed by atoms with Gasteiger partial charge in [-0.15, -0.1) is 0 Å². The van der Waals surface area contributed by atoms with E-state index in [0.717, 1.165) is 51.4 Å². The minimum Gasteiger partial charge on any atom is -0.481 e. The maximum absolute atomic E-state index is 12.0. The second-order valence-electron chi connectivity index (χ2n) is 9.47. The highest BCUT2D eigenvalue weighted by Gasteiger charge is 2.28. The van der Waals surface area contributed by atoms with Gasteiger partial charge in [-0.3, -0.25) is 9.59 Å². The van der Waals surface area contributed by atoms with Gasteiger partial charge in [-0.1, -0.05) is 103 Å². The van der Waals surface area contributed by atoms with Gasteiger partial charge in [0.1, 0.15) is 0 Å². The summed E-state index contributed by atoms with van der Waals surface area (Å²) in [6, 6.07) is 7.29. The zero-order chi connectivity index (χ0) is 22.5. The van der Waals surface area contributed by atoms with Crippen LogP contribution in [-0.2, 0) is 9.59 Å². The molecule has 0 aliphatic rings. The minimum atomic E-state index is -0.854. The van der Waals surface area contributed by atoms with Gasteiger partial charge >= 0.3 is 11.9 Å². The average Bonchev–Trinajstić information content (AvgIpc) is 2.66. The maximum atomic E-state index is 12.0. The van der Waals surface area contributed by atoms with Crippen molar-refractivity contribution in [3.8, 4) is 0 Å². The van der Waals surface area contributed by atoms with E-state index in [0.29, 0.717) is 35.8 Å². The molecular weight excluding hydrogens is 376 g/mol. The lowest BCUT2D eigenvalue weighted by Crippen LogP contribution is -2.19. The summed E-state index contributed by atoms with van der Waals surface area (Å²) in [6.45, 7) is 8.80. The van der Waals surface area contributed by atoms with Crippen molar-refractivity contribution in [3.05, 3.63) is 35.4 Å². The number of carboxylic acids is 2. The first-order valence-electron chi connectivity index (χ1n) is 11.8. The van der Waals surface area contributed by atoms with E-state index >= 15 is 0 Å². The molecule has 0 heterocycles. The van der Waals surface area contributed by atoms with Crippen LogP contribution in [0.4, 0.5) is 0 Å². The molecular formula is C26H42O4. The van der Waals surface area contributed by atoms with Crippen LogP contribution in [0.2, 0.25) is 0 Å². The highest BCUT2D eigenvalue weighted by molar-refractivity contribution is 5.80. The third-order valence-electron chi connectivity index (χ3n) is 5.89. The summed E-state index contributed by atoms with van der Waals surface area (Å²) in [6.07, 6.45) is 9.40. The summed E-state index contributed by atoms with van der Waals surface area (Å²) in [5.41, 5.74) is 1.37. The Labute approximate surface area is 183 Å². The van der Waals surface area contributed by atoms with Crippen molar-refractivity contribution in [1.82, 2.24) is 0 Å². The van der Waals surface area contributed by atoms with Crippen molar-refractivity contribution in [2.24, 2.45) is 11.8 Å². The van der Waals surface area contributed by atoms with Gasteiger partial charge in [-0.2, -0.15) is 0 Å². The first-order valence-corrected chi connectivity index (χ1v) is 11.8. The number of unbranched alkanes of at least 4 members (excludes halogenated alkanes) is 4. The Bertz CT molecular complexity index is 581. The van der Waals surface area contributed by atoms with Crippen LogP contribution in [0.15, 0.2) is 24.3 Å². The van der Waals surface area contributed by atoms with Crippen LogP contribution in [0, 0.1) is 11.8 Å². The molecule has 0 fully saturated rings. The Hall–Kier alpha value is -1.84. The highest BCUT2D eigenvalue weighted by atomic mass is 16.4. The van der Waals surface area contributed by atoms with Gasteiger partial charge in [0.2, 0.25) is 0 Å². The molecule has 2 N–H and O–H groups in total. The molecule has 1 rings (SSSR count). The summed E-state index contributed by atoms with van der Waals surface area (Å²) < 4.78 is 0. The number of hydrogen-bond acceptors (Lipinski definition) is 2. The van der Waals surface area contributed by atoms with E-state index in [-0.39, 0.29) is 0 Å². The molecule has 0 aliphatic carbocycles. The average molecular weight is 419 g/mol. The van der Waals surface area contributed by atoms with Crippen molar-refractivity contribution in [2.75, 3.05) is 0 Å². The summed E-state index contributed by atoms with van der Waals surface area (Å²) >= 11 is 0. The molecule has 0 aromatic heterocycles. The molecule has 0 radical (unpaired) electrons. The van der Waals surface area contributed by atoms with Crippen molar-refractivity contribution >= 4 is 11.9 Å². The van der Waals surface area contributed by atoms with Gasteiger partial charge in [0.05, 0.1) is 11.8 Å². The zero-order valence-electron chi connectivity index (χ0n) is 19.4. The first-order chi connectivity index (χ1) is 14.2. The normalized spacial score (nSPS) is 13.5. The number of carboxylic acid groups (broad SMARTS) is 2. The second kappa shape index (κ2) is 14.2. The minimum absolute atomic E-state index is 0.561. The topological polar surface area (TPSA) is 74.6 Å². The van der Waals surface area contributed by atoms with Gasteiger partial charge in [-0.05, 0) is 35.8 Å². The van der Waals surface area contributed by atoms with Crippen LogP contribution < -0.4 is 0 Å². The Kier molecular flexibility index (Phi) is 12.4. The molecule has 2 unspecified atom stereocenters. The lowest BCUT2D eigenvalue weighted by Gasteiger charge is -2.21. The van der Waals surface area contributed by atoms with E-state index in [1.165, 1.54) is 0 Å². The van der Waals surface area contributed by atoms with Gasteiger partial charge in [0.25, 0.3) is 0 Å². The van der Waals surface area contributed by atoms with Crippen molar-refractivity contribution in [2.45, 2.75) is 104 Å². The number of carbonyl (C=O) groups is 2. The lowest BCUT2D eigenvalue weighted by atomic mass is 9.82. The molecule has 4 nitrogen and oxygen atoms in total. The molecule has 2 atom stereocenters. The van der Waals surface area contributed by atoms with Crippen LogP contribution in [0.1, 0.15) is 115 Å². The van der Waals surface area contributed by atoms with E-state index in [1.54, 1.807) is 0 Å². The molecule has 0 amide bonds. The third kappa shape index (κ3) is 9.77. The SMILES string of the molecule is CC(C)CCCCCC(C(=O)O)c1ccccc1C(CCCCCC(C)C)C(=O)O.